The zero-order chi connectivity index (χ0) is 22.6. The first-order valence-electron chi connectivity index (χ1n) is 11.5. The molecule has 32 heavy (non-hydrogen) atoms. The summed E-state index contributed by atoms with van der Waals surface area (Å²) in [5.74, 6) is 0.666. The molecule has 1 aromatic heterocycles. The van der Waals surface area contributed by atoms with Crippen molar-refractivity contribution < 1.29 is 17.9 Å². The van der Waals surface area contributed by atoms with Crippen LogP contribution in [0, 0.1) is 0 Å². The van der Waals surface area contributed by atoms with Gasteiger partial charge in [-0.2, -0.15) is 8.99 Å². The van der Waals surface area contributed by atoms with Gasteiger partial charge in [-0.05, 0) is 37.1 Å². The molecule has 0 bridgehead atoms. The highest BCUT2D eigenvalue weighted by Crippen LogP contribution is 2.36. The summed E-state index contributed by atoms with van der Waals surface area (Å²) in [6.07, 6.45) is 7.73. The minimum absolute atomic E-state index is 0.116. The first-order chi connectivity index (χ1) is 15.5. The molecule has 2 aromatic rings. The number of aromatic nitrogens is 4. The highest BCUT2D eigenvalue weighted by molar-refractivity contribution is 7.89. The third-order valence-corrected chi connectivity index (χ3v) is 8.12. The van der Waals surface area contributed by atoms with E-state index in [1.54, 1.807) is 10.4 Å². The molecule has 2 aliphatic rings. The highest BCUT2D eigenvalue weighted by atomic mass is 32.2. The fourth-order valence-electron chi connectivity index (χ4n) is 4.62. The molecular weight excluding hydrogens is 432 g/mol. The summed E-state index contributed by atoms with van der Waals surface area (Å²) in [4.78, 5) is 2.58. The molecule has 1 aromatic carbocycles. The van der Waals surface area contributed by atoms with E-state index in [4.69, 9.17) is 9.47 Å². The Morgan fingerprint density at radius 1 is 0.969 bits per heavy atom. The number of rotatable bonds is 8. The summed E-state index contributed by atoms with van der Waals surface area (Å²) in [7, 11) is -3.75. The molecule has 1 aliphatic heterocycles. The van der Waals surface area contributed by atoms with E-state index in [1.165, 1.54) is 49.2 Å². The summed E-state index contributed by atoms with van der Waals surface area (Å²) in [6.45, 7) is 6.85. The fraction of sp³-hybridized carbons (Fsp3) is 0.667. The fourth-order valence-corrected chi connectivity index (χ4v) is 6.17. The molecule has 1 saturated heterocycles. The van der Waals surface area contributed by atoms with Gasteiger partial charge in [-0.3, -0.25) is 4.90 Å². The molecule has 2 fully saturated rings. The minimum atomic E-state index is -3.75. The van der Waals surface area contributed by atoms with Crippen LogP contribution in [0.25, 0.3) is 5.69 Å². The Hall–Kier alpha value is -2.24. The number of sulfonamides is 1. The third kappa shape index (κ3) is 4.74. The van der Waals surface area contributed by atoms with Crippen LogP contribution in [0.3, 0.4) is 0 Å². The predicted molar refractivity (Wildman–Crippen MR) is 119 cm³/mol. The van der Waals surface area contributed by atoms with E-state index in [0.29, 0.717) is 43.8 Å². The monoisotopic (exact) mass is 464 g/mol. The number of hydrogen-bond acceptors (Lipinski definition) is 8. The maximum absolute atomic E-state index is 13.6. The van der Waals surface area contributed by atoms with Crippen LogP contribution in [-0.2, 0) is 10.0 Å². The Bertz CT molecular complexity index is 984. The molecule has 4 rings (SSSR count). The summed E-state index contributed by atoms with van der Waals surface area (Å²) in [6, 6.07) is 3.76. The van der Waals surface area contributed by atoms with Gasteiger partial charge in [0.25, 0.3) is 0 Å². The lowest BCUT2D eigenvalue weighted by atomic mass is 9.94. The largest absolute Gasteiger partial charge is 0.492 e. The second kappa shape index (κ2) is 10.1. The van der Waals surface area contributed by atoms with Crippen LogP contribution in [-0.4, -0.2) is 83.3 Å². The molecule has 0 unspecified atom stereocenters. The van der Waals surface area contributed by atoms with Crippen LogP contribution in [0.1, 0.15) is 46.0 Å². The van der Waals surface area contributed by atoms with Crippen LogP contribution >= 0.6 is 0 Å². The van der Waals surface area contributed by atoms with E-state index in [1.807, 2.05) is 13.8 Å². The Balaban J connectivity index is 1.61. The minimum Gasteiger partial charge on any atom is -0.492 e. The molecule has 2 heterocycles. The second-order valence-corrected chi connectivity index (χ2v) is 10.0. The van der Waals surface area contributed by atoms with Crippen molar-refractivity contribution >= 4 is 10.0 Å². The van der Waals surface area contributed by atoms with Crippen molar-refractivity contribution in [2.45, 2.75) is 56.9 Å². The molecule has 0 spiro atoms. The zero-order valence-corrected chi connectivity index (χ0v) is 19.6. The molecule has 1 aliphatic carbocycles. The normalized spacial score (nSPS) is 19.2. The van der Waals surface area contributed by atoms with E-state index in [-0.39, 0.29) is 10.6 Å². The van der Waals surface area contributed by atoms with E-state index in [0.717, 1.165) is 13.1 Å². The van der Waals surface area contributed by atoms with Gasteiger partial charge in [-0.1, -0.05) is 19.3 Å². The van der Waals surface area contributed by atoms with Gasteiger partial charge in [-0.25, -0.2) is 8.42 Å². The van der Waals surface area contributed by atoms with Crippen molar-refractivity contribution in [3.8, 4) is 17.2 Å². The van der Waals surface area contributed by atoms with Gasteiger partial charge in [-0.15, -0.1) is 5.10 Å². The summed E-state index contributed by atoms with van der Waals surface area (Å²) in [5, 5.41) is 11.3. The Morgan fingerprint density at radius 2 is 1.66 bits per heavy atom. The lowest BCUT2D eigenvalue weighted by Crippen LogP contribution is -2.52. The second-order valence-electron chi connectivity index (χ2n) is 8.12. The number of ether oxygens (including phenoxy) is 2. The average molecular weight is 465 g/mol. The number of hydrogen-bond donors (Lipinski definition) is 0. The van der Waals surface area contributed by atoms with Gasteiger partial charge in [0, 0.05) is 44.4 Å². The Kier molecular flexibility index (Phi) is 7.27. The molecule has 1 saturated carbocycles. The van der Waals surface area contributed by atoms with Gasteiger partial charge in [0.05, 0.1) is 13.2 Å². The average Bonchev–Trinajstić information content (AvgIpc) is 3.35. The molecule has 0 radical (unpaired) electrons. The zero-order valence-electron chi connectivity index (χ0n) is 18.8. The number of tetrazole rings is 1. The maximum atomic E-state index is 13.6. The topological polar surface area (TPSA) is 103 Å². The van der Waals surface area contributed by atoms with Crippen LogP contribution in [0.5, 0.6) is 11.5 Å². The van der Waals surface area contributed by atoms with Crippen LogP contribution in [0.4, 0.5) is 0 Å². The molecular formula is C21H32N6O4S. The molecule has 10 nitrogen and oxygen atoms in total. The van der Waals surface area contributed by atoms with Gasteiger partial charge < -0.3 is 9.47 Å². The number of piperazine rings is 1. The van der Waals surface area contributed by atoms with Crippen molar-refractivity contribution in [1.29, 1.82) is 0 Å². The van der Waals surface area contributed by atoms with E-state index < -0.39 is 10.0 Å². The van der Waals surface area contributed by atoms with Crippen molar-refractivity contribution in [2.75, 3.05) is 39.4 Å². The van der Waals surface area contributed by atoms with Gasteiger partial charge in [0.1, 0.15) is 28.4 Å². The van der Waals surface area contributed by atoms with E-state index >= 15 is 0 Å². The third-order valence-electron chi connectivity index (χ3n) is 6.20. The predicted octanol–water partition coefficient (Wildman–Crippen LogP) is 2.10. The van der Waals surface area contributed by atoms with Crippen molar-refractivity contribution in [1.82, 2.24) is 29.4 Å². The van der Waals surface area contributed by atoms with Crippen molar-refractivity contribution in [3.63, 3.8) is 0 Å². The molecule has 11 heteroatoms. The molecule has 176 valence electrons. The molecule has 0 N–H and O–H groups in total. The van der Waals surface area contributed by atoms with Crippen molar-refractivity contribution in [2.24, 2.45) is 0 Å². The Labute approximate surface area is 189 Å². The van der Waals surface area contributed by atoms with Gasteiger partial charge in [0.15, 0.2) is 0 Å². The number of benzene rings is 1. The Morgan fingerprint density at radius 3 is 2.28 bits per heavy atom. The van der Waals surface area contributed by atoms with Crippen LogP contribution in [0.2, 0.25) is 0 Å². The first kappa shape index (κ1) is 22.9. The van der Waals surface area contributed by atoms with Crippen LogP contribution in [0.15, 0.2) is 23.4 Å². The quantitative estimate of drug-likeness (QED) is 0.585. The van der Waals surface area contributed by atoms with Gasteiger partial charge in [0.2, 0.25) is 10.0 Å². The SMILES string of the molecule is CCOc1cc(S(=O)(=O)N2CCN(C3CCCCC3)CC2)c(OCC)cc1-n1cnnn1. The lowest BCUT2D eigenvalue weighted by Gasteiger charge is -2.40. The van der Waals surface area contributed by atoms with Crippen LogP contribution < -0.4 is 9.47 Å². The van der Waals surface area contributed by atoms with Crippen molar-refractivity contribution in [3.05, 3.63) is 18.5 Å². The summed E-state index contributed by atoms with van der Waals surface area (Å²) >= 11 is 0. The standard InChI is InChI=1S/C21H32N6O4S/c1-3-30-19-15-21(20(31-4-2)14-18(19)27-16-22-23-24-27)32(28,29)26-12-10-25(11-13-26)17-8-6-5-7-9-17/h14-17H,3-13H2,1-2H3. The maximum Gasteiger partial charge on any atom is 0.246 e. The lowest BCUT2D eigenvalue weighted by molar-refractivity contribution is 0.111. The molecule has 0 amide bonds. The smallest absolute Gasteiger partial charge is 0.246 e. The highest BCUT2D eigenvalue weighted by Gasteiger charge is 2.34. The summed E-state index contributed by atoms with van der Waals surface area (Å²) < 4.78 is 41.8. The van der Waals surface area contributed by atoms with Gasteiger partial charge >= 0.3 is 0 Å². The first-order valence-corrected chi connectivity index (χ1v) is 12.9. The number of nitrogens with zero attached hydrogens (tertiary/aromatic N) is 6. The van der Waals surface area contributed by atoms with E-state index in [9.17, 15) is 8.42 Å². The van der Waals surface area contributed by atoms with E-state index in [2.05, 4.69) is 20.4 Å². The summed E-state index contributed by atoms with van der Waals surface area (Å²) in [5.41, 5.74) is 0.529. The molecule has 0 atom stereocenters.